The van der Waals surface area contributed by atoms with Crippen LogP contribution in [-0.2, 0) is 27.8 Å². The number of halogens is 1. The molecule has 1 amide bonds. The molecule has 9 heteroatoms. The van der Waals surface area contributed by atoms with Gasteiger partial charge in [-0.05, 0) is 42.2 Å². The molecule has 2 aliphatic heterocycles. The van der Waals surface area contributed by atoms with Crippen molar-refractivity contribution in [3.8, 4) is 0 Å². The van der Waals surface area contributed by atoms with Gasteiger partial charge in [0.25, 0.3) is 5.91 Å². The van der Waals surface area contributed by atoms with E-state index < -0.39 is 15.9 Å². The van der Waals surface area contributed by atoms with Crippen molar-refractivity contribution in [3.63, 3.8) is 0 Å². The van der Waals surface area contributed by atoms with Crippen molar-refractivity contribution in [1.82, 2.24) is 14.5 Å². The summed E-state index contributed by atoms with van der Waals surface area (Å²) in [4.78, 5) is 15.3. The predicted molar refractivity (Wildman–Crippen MR) is 123 cm³/mol. The van der Waals surface area contributed by atoms with E-state index in [4.69, 9.17) is 16.3 Å². The summed E-state index contributed by atoms with van der Waals surface area (Å²) in [6.07, 6.45) is 1.70. The summed E-state index contributed by atoms with van der Waals surface area (Å²) in [6, 6.07) is 12.4. The minimum absolute atomic E-state index is 0.0986. The topological polar surface area (TPSA) is 79.0 Å². The van der Waals surface area contributed by atoms with Gasteiger partial charge in [0.15, 0.2) is 0 Å². The maximum absolute atomic E-state index is 12.8. The Labute approximate surface area is 194 Å². The van der Waals surface area contributed by atoms with E-state index in [9.17, 15) is 13.2 Å². The van der Waals surface area contributed by atoms with Crippen molar-refractivity contribution in [3.05, 3.63) is 64.2 Å². The molecule has 2 aromatic carbocycles. The van der Waals surface area contributed by atoms with Gasteiger partial charge in [0.2, 0.25) is 10.0 Å². The second-order valence-corrected chi connectivity index (χ2v) is 10.5. The number of nitrogens with zero attached hydrogens (tertiary/aromatic N) is 2. The van der Waals surface area contributed by atoms with Gasteiger partial charge in [-0.2, -0.15) is 4.31 Å². The monoisotopic (exact) mass is 477 g/mol. The molecule has 1 N–H and O–H groups in total. The van der Waals surface area contributed by atoms with Crippen molar-refractivity contribution >= 4 is 27.5 Å². The molecule has 4 rings (SSSR count). The number of nitrogens with one attached hydrogen (secondary N) is 1. The average molecular weight is 478 g/mol. The molecule has 2 aliphatic rings. The maximum Gasteiger partial charge on any atom is 0.253 e. The molecule has 0 saturated carbocycles. The Balaban J connectivity index is 1.42. The standard InChI is InChI=1S/C23H28ClN3O4S/c24-22-7-6-20(32(29,30)27-8-1-2-9-27)15-21(22)23(28)25-16-18-4-3-5-19(14-18)17-26-10-12-31-13-11-26/h3-7,14-15H,1-2,8-13,16-17H2,(H,25,28). The Morgan fingerprint density at radius 1 is 1.00 bits per heavy atom. The van der Waals surface area contributed by atoms with E-state index in [2.05, 4.69) is 22.3 Å². The van der Waals surface area contributed by atoms with Crippen molar-refractivity contribution in [1.29, 1.82) is 0 Å². The molecule has 0 aromatic heterocycles. The summed E-state index contributed by atoms with van der Waals surface area (Å²) in [5, 5.41) is 3.10. The lowest BCUT2D eigenvalue weighted by Crippen LogP contribution is -2.35. The zero-order valence-electron chi connectivity index (χ0n) is 17.9. The van der Waals surface area contributed by atoms with Crippen LogP contribution in [0.15, 0.2) is 47.4 Å². The van der Waals surface area contributed by atoms with E-state index in [1.807, 2.05) is 12.1 Å². The minimum Gasteiger partial charge on any atom is -0.379 e. The van der Waals surface area contributed by atoms with Gasteiger partial charge in [-0.1, -0.05) is 35.9 Å². The number of amides is 1. The van der Waals surface area contributed by atoms with Gasteiger partial charge in [0, 0.05) is 39.3 Å². The summed E-state index contributed by atoms with van der Waals surface area (Å²) < 4.78 is 32.5. The normalized spacial score (nSPS) is 18.0. The lowest BCUT2D eigenvalue weighted by atomic mass is 10.1. The van der Waals surface area contributed by atoms with Gasteiger partial charge >= 0.3 is 0 Å². The van der Waals surface area contributed by atoms with Crippen molar-refractivity contribution in [2.45, 2.75) is 30.8 Å². The molecule has 0 bridgehead atoms. The summed E-state index contributed by atoms with van der Waals surface area (Å²) in [5.41, 5.74) is 2.31. The number of hydrogen-bond acceptors (Lipinski definition) is 5. The van der Waals surface area contributed by atoms with Crippen LogP contribution in [0.1, 0.15) is 34.3 Å². The highest BCUT2D eigenvalue weighted by molar-refractivity contribution is 7.89. The smallest absolute Gasteiger partial charge is 0.253 e. The molecular formula is C23H28ClN3O4S. The van der Waals surface area contributed by atoms with E-state index in [0.29, 0.717) is 19.6 Å². The average Bonchev–Trinajstić information content (AvgIpc) is 3.35. The first-order valence-corrected chi connectivity index (χ1v) is 12.7. The number of carbonyl (C=O) groups excluding carboxylic acids is 1. The fourth-order valence-electron chi connectivity index (χ4n) is 4.05. The quantitative estimate of drug-likeness (QED) is 0.663. The van der Waals surface area contributed by atoms with E-state index in [1.165, 1.54) is 28.1 Å². The van der Waals surface area contributed by atoms with Crippen LogP contribution < -0.4 is 5.32 Å². The SMILES string of the molecule is O=C(NCc1cccc(CN2CCOCC2)c1)c1cc(S(=O)(=O)N2CCCC2)ccc1Cl. The van der Waals surface area contributed by atoms with Crippen LogP contribution in [-0.4, -0.2) is 62.9 Å². The second kappa shape index (κ2) is 10.3. The van der Waals surface area contributed by atoms with Crippen LogP contribution in [0.5, 0.6) is 0 Å². The van der Waals surface area contributed by atoms with Crippen molar-refractivity contribution < 1.29 is 17.9 Å². The van der Waals surface area contributed by atoms with Gasteiger partial charge in [-0.3, -0.25) is 9.69 Å². The maximum atomic E-state index is 12.8. The number of benzene rings is 2. The Bertz CT molecular complexity index is 1060. The molecule has 0 spiro atoms. The van der Waals surface area contributed by atoms with Crippen LogP contribution >= 0.6 is 11.6 Å². The Kier molecular flexibility index (Phi) is 7.48. The van der Waals surface area contributed by atoms with Crippen LogP contribution in [0.4, 0.5) is 0 Å². The number of hydrogen-bond donors (Lipinski definition) is 1. The number of ether oxygens (including phenoxy) is 1. The van der Waals surface area contributed by atoms with Gasteiger partial charge in [-0.15, -0.1) is 0 Å². The molecule has 0 radical (unpaired) electrons. The Morgan fingerprint density at radius 2 is 1.72 bits per heavy atom. The molecule has 0 unspecified atom stereocenters. The van der Waals surface area contributed by atoms with Crippen LogP contribution in [0.2, 0.25) is 5.02 Å². The molecule has 2 heterocycles. The van der Waals surface area contributed by atoms with Crippen LogP contribution in [0.25, 0.3) is 0 Å². The zero-order valence-corrected chi connectivity index (χ0v) is 19.5. The van der Waals surface area contributed by atoms with E-state index >= 15 is 0 Å². The second-order valence-electron chi connectivity index (χ2n) is 8.14. The minimum atomic E-state index is -3.62. The third-order valence-electron chi connectivity index (χ3n) is 5.84. The Morgan fingerprint density at radius 3 is 2.47 bits per heavy atom. The molecule has 2 aromatic rings. The van der Waals surface area contributed by atoms with Crippen LogP contribution in [0.3, 0.4) is 0 Å². The molecule has 0 atom stereocenters. The van der Waals surface area contributed by atoms with E-state index in [0.717, 1.165) is 51.3 Å². The molecule has 2 saturated heterocycles. The number of morpholine rings is 1. The lowest BCUT2D eigenvalue weighted by Gasteiger charge is -2.26. The largest absolute Gasteiger partial charge is 0.379 e. The van der Waals surface area contributed by atoms with Crippen molar-refractivity contribution in [2.24, 2.45) is 0 Å². The highest BCUT2D eigenvalue weighted by Crippen LogP contribution is 2.25. The molecule has 0 aliphatic carbocycles. The first kappa shape index (κ1) is 23.2. The van der Waals surface area contributed by atoms with Gasteiger partial charge in [-0.25, -0.2) is 8.42 Å². The predicted octanol–water partition coefficient (Wildman–Crippen LogP) is 2.89. The fraction of sp³-hybridized carbons (Fsp3) is 0.435. The van der Waals surface area contributed by atoms with Crippen molar-refractivity contribution in [2.75, 3.05) is 39.4 Å². The molecule has 32 heavy (non-hydrogen) atoms. The number of sulfonamides is 1. The van der Waals surface area contributed by atoms with Gasteiger partial charge in [0.05, 0.1) is 28.7 Å². The third-order valence-corrected chi connectivity index (χ3v) is 8.06. The molecule has 2 fully saturated rings. The van der Waals surface area contributed by atoms with E-state index in [-0.39, 0.29) is 15.5 Å². The van der Waals surface area contributed by atoms with Gasteiger partial charge < -0.3 is 10.1 Å². The third kappa shape index (κ3) is 5.50. The zero-order chi connectivity index (χ0) is 22.6. The number of rotatable bonds is 7. The van der Waals surface area contributed by atoms with Gasteiger partial charge in [0.1, 0.15) is 0 Å². The summed E-state index contributed by atoms with van der Waals surface area (Å²) in [7, 11) is -3.62. The molecular weight excluding hydrogens is 450 g/mol. The Hall–Kier alpha value is -1.97. The first-order valence-electron chi connectivity index (χ1n) is 10.9. The summed E-state index contributed by atoms with van der Waals surface area (Å²) >= 11 is 6.23. The number of carbonyl (C=O) groups is 1. The highest BCUT2D eigenvalue weighted by Gasteiger charge is 2.28. The fourth-order valence-corrected chi connectivity index (χ4v) is 5.80. The first-order chi connectivity index (χ1) is 15.4. The van der Waals surface area contributed by atoms with E-state index in [1.54, 1.807) is 0 Å². The highest BCUT2D eigenvalue weighted by atomic mass is 35.5. The molecule has 7 nitrogen and oxygen atoms in total. The summed E-state index contributed by atoms with van der Waals surface area (Å²) in [6.45, 7) is 5.52. The molecule has 172 valence electrons. The summed E-state index contributed by atoms with van der Waals surface area (Å²) in [5.74, 6) is -0.396. The lowest BCUT2D eigenvalue weighted by molar-refractivity contribution is 0.0342. The van der Waals surface area contributed by atoms with Crippen LogP contribution in [0, 0.1) is 0 Å².